The summed E-state index contributed by atoms with van der Waals surface area (Å²) in [7, 11) is 0. The zero-order valence-corrected chi connectivity index (χ0v) is 15.7. The molecule has 1 aromatic carbocycles. The minimum Gasteiger partial charge on any atom is -0.353 e. The van der Waals surface area contributed by atoms with Gasteiger partial charge < -0.3 is 5.32 Å². The van der Waals surface area contributed by atoms with Crippen LogP contribution in [-0.4, -0.2) is 22.7 Å². The maximum atomic E-state index is 12.3. The normalized spacial score (nSPS) is 20.6. The zero-order valence-electron chi connectivity index (χ0n) is 14.9. The highest BCUT2D eigenvalue weighted by Gasteiger charge is 2.23. The number of thioether (sulfide) groups is 1. The molecule has 1 heterocycles. The Morgan fingerprint density at radius 2 is 2.00 bits per heavy atom. The maximum Gasteiger partial charge on any atom is 0.230 e. The second-order valence-electron chi connectivity index (χ2n) is 7.58. The van der Waals surface area contributed by atoms with Crippen LogP contribution in [0.3, 0.4) is 0 Å². The van der Waals surface area contributed by atoms with Crippen molar-refractivity contribution >= 4 is 28.6 Å². The number of amides is 1. The number of pyridine rings is 1. The van der Waals surface area contributed by atoms with Crippen LogP contribution in [0.2, 0.25) is 0 Å². The van der Waals surface area contributed by atoms with E-state index in [1.165, 1.54) is 35.8 Å². The van der Waals surface area contributed by atoms with E-state index in [1.807, 2.05) is 0 Å². The van der Waals surface area contributed by atoms with Gasteiger partial charge in [0.1, 0.15) is 5.03 Å². The summed E-state index contributed by atoms with van der Waals surface area (Å²) in [6, 6.07) is 8.83. The average Bonchev–Trinajstić information content (AvgIpc) is 3.12. The Labute approximate surface area is 154 Å². The maximum absolute atomic E-state index is 12.3. The summed E-state index contributed by atoms with van der Waals surface area (Å²) >= 11 is 1.62. The first-order chi connectivity index (χ1) is 12.2. The van der Waals surface area contributed by atoms with Gasteiger partial charge >= 0.3 is 0 Å². The van der Waals surface area contributed by atoms with Gasteiger partial charge in [0.05, 0.1) is 11.3 Å². The number of aromatic nitrogens is 1. The summed E-state index contributed by atoms with van der Waals surface area (Å²) in [4.78, 5) is 17.2. The van der Waals surface area contributed by atoms with Gasteiger partial charge in [-0.05, 0) is 55.2 Å². The number of nitrogens with zero attached hydrogens (tertiary/aromatic N) is 1. The van der Waals surface area contributed by atoms with Crippen LogP contribution in [0.4, 0.5) is 0 Å². The fourth-order valence-electron chi connectivity index (χ4n) is 4.22. The van der Waals surface area contributed by atoms with Gasteiger partial charge in [-0.15, -0.1) is 0 Å². The van der Waals surface area contributed by atoms with Crippen LogP contribution >= 0.6 is 11.8 Å². The van der Waals surface area contributed by atoms with Gasteiger partial charge in [0.2, 0.25) is 5.91 Å². The van der Waals surface area contributed by atoms with Crippen LogP contribution in [0.1, 0.15) is 50.2 Å². The van der Waals surface area contributed by atoms with Gasteiger partial charge in [0, 0.05) is 11.4 Å². The van der Waals surface area contributed by atoms with E-state index in [0.717, 1.165) is 36.2 Å². The lowest BCUT2D eigenvalue weighted by Crippen LogP contribution is -2.33. The van der Waals surface area contributed by atoms with Gasteiger partial charge in [-0.1, -0.05) is 49.7 Å². The average molecular weight is 355 g/mol. The molecule has 1 aromatic heterocycles. The molecule has 1 saturated carbocycles. The molecule has 0 bridgehead atoms. The molecule has 0 saturated heterocycles. The van der Waals surface area contributed by atoms with E-state index >= 15 is 0 Å². The van der Waals surface area contributed by atoms with E-state index < -0.39 is 0 Å². The van der Waals surface area contributed by atoms with E-state index in [0.29, 0.717) is 17.7 Å². The molecule has 1 fully saturated rings. The number of aryl methyl sites for hydroxylation is 1. The monoisotopic (exact) mass is 354 g/mol. The molecule has 1 atom stereocenters. The summed E-state index contributed by atoms with van der Waals surface area (Å²) < 4.78 is 0. The quantitative estimate of drug-likeness (QED) is 0.822. The lowest BCUT2D eigenvalue weighted by Gasteiger charge is -2.25. The van der Waals surface area contributed by atoms with Gasteiger partial charge in [-0.2, -0.15) is 0 Å². The van der Waals surface area contributed by atoms with Crippen LogP contribution in [-0.2, 0) is 17.6 Å². The summed E-state index contributed by atoms with van der Waals surface area (Å²) in [6.45, 7) is 2.32. The second-order valence-corrected chi connectivity index (χ2v) is 8.54. The summed E-state index contributed by atoms with van der Waals surface area (Å²) in [5.74, 6) is 1.33. The van der Waals surface area contributed by atoms with Crippen molar-refractivity contribution in [3.05, 3.63) is 35.4 Å². The number of hydrogen-bond donors (Lipinski definition) is 1. The molecule has 1 N–H and O–H groups in total. The van der Waals surface area contributed by atoms with Crippen molar-refractivity contribution in [3.8, 4) is 0 Å². The smallest absolute Gasteiger partial charge is 0.230 e. The summed E-state index contributed by atoms with van der Waals surface area (Å²) in [6.07, 6.45) is 8.22. The van der Waals surface area contributed by atoms with E-state index in [1.54, 1.807) is 11.8 Å². The third kappa shape index (κ3) is 3.69. The highest BCUT2D eigenvalue weighted by atomic mass is 32.2. The summed E-state index contributed by atoms with van der Waals surface area (Å²) in [5.41, 5.74) is 3.91. The van der Waals surface area contributed by atoms with Gasteiger partial charge in [-0.25, -0.2) is 4.98 Å². The van der Waals surface area contributed by atoms with Crippen molar-refractivity contribution in [1.29, 1.82) is 0 Å². The van der Waals surface area contributed by atoms with Crippen LogP contribution < -0.4 is 5.32 Å². The Morgan fingerprint density at radius 1 is 1.20 bits per heavy atom. The molecule has 1 amide bonds. The van der Waals surface area contributed by atoms with Crippen molar-refractivity contribution in [2.75, 3.05) is 5.75 Å². The van der Waals surface area contributed by atoms with Gasteiger partial charge in [0.15, 0.2) is 0 Å². The minimum absolute atomic E-state index is 0.157. The number of para-hydroxylation sites is 1. The molecule has 2 aromatic rings. The number of benzene rings is 1. The first-order valence-corrected chi connectivity index (χ1v) is 10.5. The molecule has 25 heavy (non-hydrogen) atoms. The predicted octanol–water partition coefficient (Wildman–Crippen LogP) is 4.51. The minimum atomic E-state index is 0.157. The third-order valence-corrected chi connectivity index (χ3v) is 6.59. The number of carbonyl (C=O) groups is 1. The molecule has 0 spiro atoms. The van der Waals surface area contributed by atoms with E-state index in [4.69, 9.17) is 4.98 Å². The highest BCUT2D eigenvalue weighted by molar-refractivity contribution is 8.00. The van der Waals surface area contributed by atoms with Gasteiger partial charge in [-0.3, -0.25) is 4.79 Å². The standard InChI is InChI=1S/C21H26N2OS/c1-14-10-11-16-17-8-4-5-9-19(17)23-21(18(16)12-14)25-13-20(24)22-15-6-2-3-7-15/h4-5,8-9,14-15H,2-3,6-7,10-13H2,1H3,(H,22,24)/t14-/m1/s1. The Morgan fingerprint density at radius 3 is 2.84 bits per heavy atom. The number of hydrogen-bond acceptors (Lipinski definition) is 3. The first-order valence-electron chi connectivity index (χ1n) is 9.53. The van der Waals surface area contributed by atoms with E-state index in [-0.39, 0.29) is 5.91 Å². The molecule has 3 nitrogen and oxygen atoms in total. The molecular weight excluding hydrogens is 328 g/mol. The van der Waals surface area contributed by atoms with Crippen LogP contribution in [0.5, 0.6) is 0 Å². The molecule has 4 heteroatoms. The van der Waals surface area contributed by atoms with Crippen molar-refractivity contribution in [2.24, 2.45) is 5.92 Å². The largest absolute Gasteiger partial charge is 0.353 e. The second kappa shape index (κ2) is 7.36. The molecule has 0 aliphatic heterocycles. The molecule has 132 valence electrons. The molecule has 4 rings (SSSR count). The topological polar surface area (TPSA) is 42.0 Å². The van der Waals surface area contributed by atoms with Crippen molar-refractivity contribution in [1.82, 2.24) is 10.3 Å². The third-order valence-electron chi connectivity index (χ3n) is 5.57. The predicted molar refractivity (Wildman–Crippen MR) is 104 cm³/mol. The fourth-order valence-corrected chi connectivity index (χ4v) is 5.12. The van der Waals surface area contributed by atoms with Crippen LogP contribution in [0.15, 0.2) is 29.3 Å². The van der Waals surface area contributed by atoms with Gasteiger partial charge in [0.25, 0.3) is 0 Å². The Bertz CT molecular complexity index is 783. The first kappa shape index (κ1) is 16.9. The zero-order chi connectivity index (χ0) is 17.2. The van der Waals surface area contributed by atoms with Crippen molar-refractivity contribution < 1.29 is 4.79 Å². The Kier molecular flexibility index (Phi) is 4.98. The lowest BCUT2D eigenvalue weighted by molar-refractivity contribution is -0.119. The van der Waals surface area contributed by atoms with Crippen molar-refractivity contribution in [3.63, 3.8) is 0 Å². The molecule has 0 unspecified atom stereocenters. The van der Waals surface area contributed by atoms with Crippen molar-refractivity contribution in [2.45, 2.75) is 62.9 Å². The molecular formula is C21H26N2OS. The Balaban J connectivity index is 1.56. The Hall–Kier alpha value is -1.55. The lowest BCUT2D eigenvalue weighted by atomic mass is 9.84. The highest BCUT2D eigenvalue weighted by Crippen LogP contribution is 2.36. The number of nitrogens with one attached hydrogen (secondary N) is 1. The number of rotatable bonds is 4. The molecule has 0 radical (unpaired) electrons. The van der Waals surface area contributed by atoms with E-state index in [9.17, 15) is 4.79 Å². The SMILES string of the molecule is C[C@@H]1CCc2c(c(SCC(=O)NC3CCCC3)nc3ccccc23)C1. The molecule has 2 aliphatic carbocycles. The summed E-state index contributed by atoms with van der Waals surface area (Å²) in [5, 5.41) is 5.55. The van der Waals surface area contributed by atoms with Crippen LogP contribution in [0, 0.1) is 5.92 Å². The molecule has 2 aliphatic rings. The van der Waals surface area contributed by atoms with E-state index in [2.05, 4.69) is 36.5 Å². The number of carbonyl (C=O) groups excluding carboxylic acids is 1. The fraction of sp³-hybridized carbons (Fsp3) is 0.524. The van der Waals surface area contributed by atoms with Crippen LogP contribution in [0.25, 0.3) is 10.9 Å². The number of fused-ring (bicyclic) bond motifs is 3.